The number of aromatic nitrogens is 1. The quantitative estimate of drug-likeness (QED) is 0.917. The van der Waals surface area contributed by atoms with Crippen molar-refractivity contribution in [2.75, 3.05) is 26.3 Å². The van der Waals surface area contributed by atoms with E-state index < -0.39 is 0 Å². The monoisotopic (exact) mass is 325 g/mol. The number of aryl methyl sites for hydroxylation is 1. The average molecular weight is 325 g/mol. The van der Waals surface area contributed by atoms with E-state index in [2.05, 4.69) is 4.98 Å². The molecule has 6 nitrogen and oxygen atoms in total. The Morgan fingerprint density at radius 3 is 3.27 bits per heavy atom. The molecule has 3 rings (SSSR count). The number of rotatable bonds is 4. The van der Waals surface area contributed by atoms with Crippen molar-refractivity contribution in [2.45, 2.75) is 38.4 Å². The first-order chi connectivity index (χ1) is 10.6. The summed E-state index contributed by atoms with van der Waals surface area (Å²) in [6.45, 7) is 4.91. The molecule has 2 atom stereocenters. The zero-order chi connectivity index (χ0) is 15.6. The number of morpholine rings is 1. The van der Waals surface area contributed by atoms with Gasteiger partial charge < -0.3 is 20.1 Å². The molecule has 1 aliphatic carbocycles. The van der Waals surface area contributed by atoms with Gasteiger partial charge in [-0.05, 0) is 19.8 Å². The molecule has 2 heterocycles. The highest BCUT2D eigenvalue weighted by Gasteiger charge is 2.47. The normalized spacial score (nSPS) is 28.4. The van der Waals surface area contributed by atoms with Gasteiger partial charge in [-0.1, -0.05) is 6.42 Å². The molecule has 1 spiro atoms. The summed E-state index contributed by atoms with van der Waals surface area (Å²) >= 11 is 1.64. The van der Waals surface area contributed by atoms with Gasteiger partial charge in [0.25, 0.3) is 0 Å². The van der Waals surface area contributed by atoms with Gasteiger partial charge in [-0.2, -0.15) is 0 Å². The molecule has 0 radical (unpaired) electrons. The number of carbonyl (C=O) groups is 1. The van der Waals surface area contributed by atoms with Crippen LogP contribution in [-0.4, -0.2) is 47.8 Å². The standard InChI is InChI=1S/C15H23N3O3S/c1-11-17-13(9-22-11)8-20-7-12-3-2-4-15(12)10-18(14(16)19)5-6-21-15/h9,12H,2-8,10H2,1H3,(H2,16,19)/t12-,15+/m0/s1. The molecule has 0 bridgehead atoms. The van der Waals surface area contributed by atoms with Crippen LogP contribution in [0.1, 0.15) is 30.0 Å². The summed E-state index contributed by atoms with van der Waals surface area (Å²) in [5, 5.41) is 3.09. The third kappa shape index (κ3) is 3.26. The van der Waals surface area contributed by atoms with Crippen LogP contribution in [0, 0.1) is 12.8 Å². The Labute approximate surface area is 134 Å². The van der Waals surface area contributed by atoms with E-state index >= 15 is 0 Å². The Kier molecular flexibility index (Phi) is 4.65. The zero-order valence-corrected chi connectivity index (χ0v) is 13.7. The molecule has 0 unspecified atom stereocenters. The first-order valence-electron chi connectivity index (χ1n) is 7.76. The molecule has 2 fully saturated rings. The van der Waals surface area contributed by atoms with Crippen molar-refractivity contribution in [1.82, 2.24) is 9.88 Å². The van der Waals surface area contributed by atoms with Crippen molar-refractivity contribution >= 4 is 17.4 Å². The molecular formula is C15H23N3O3S. The fourth-order valence-corrected chi connectivity index (χ4v) is 4.12. The van der Waals surface area contributed by atoms with Crippen molar-refractivity contribution in [3.8, 4) is 0 Å². The van der Waals surface area contributed by atoms with Crippen LogP contribution >= 0.6 is 11.3 Å². The second-order valence-electron chi connectivity index (χ2n) is 6.14. The molecule has 2 N–H and O–H groups in total. The van der Waals surface area contributed by atoms with Crippen LogP contribution in [0.15, 0.2) is 5.38 Å². The van der Waals surface area contributed by atoms with Crippen molar-refractivity contribution in [3.05, 3.63) is 16.1 Å². The predicted molar refractivity (Wildman–Crippen MR) is 83.7 cm³/mol. The third-order valence-corrected chi connectivity index (χ3v) is 5.48. The fraction of sp³-hybridized carbons (Fsp3) is 0.733. The lowest BCUT2D eigenvalue weighted by Crippen LogP contribution is -2.57. The van der Waals surface area contributed by atoms with Crippen LogP contribution < -0.4 is 5.73 Å². The van der Waals surface area contributed by atoms with Gasteiger partial charge in [0.15, 0.2) is 0 Å². The molecule has 1 aromatic heterocycles. The van der Waals surface area contributed by atoms with E-state index in [0.29, 0.717) is 38.8 Å². The number of nitrogens with two attached hydrogens (primary N) is 1. The Morgan fingerprint density at radius 1 is 1.68 bits per heavy atom. The summed E-state index contributed by atoms with van der Waals surface area (Å²) in [5.41, 5.74) is 6.15. The lowest BCUT2D eigenvalue weighted by molar-refractivity contribution is -0.132. The second-order valence-corrected chi connectivity index (χ2v) is 7.20. The summed E-state index contributed by atoms with van der Waals surface area (Å²) in [5.74, 6) is 0.314. The number of hydrogen-bond acceptors (Lipinski definition) is 5. The first-order valence-corrected chi connectivity index (χ1v) is 8.64. The predicted octanol–water partition coefficient (Wildman–Crippen LogP) is 1.92. The van der Waals surface area contributed by atoms with Gasteiger partial charge in [0.05, 0.1) is 42.7 Å². The number of nitrogens with zero attached hydrogens (tertiary/aromatic N) is 2. The van der Waals surface area contributed by atoms with E-state index in [-0.39, 0.29) is 11.6 Å². The number of hydrogen-bond donors (Lipinski definition) is 1. The number of primary amides is 1. The Morgan fingerprint density at radius 2 is 2.55 bits per heavy atom. The summed E-state index contributed by atoms with van der Waals surface area (Å²) in [7, 11) is 0. The average Bonchev–Trinajstić information content (AvgIpc) is 3.07. The van der Waals surface area contributed by atoms with Gasteiger partial charge in [0, 0.05) is 17.8 Å². The molecule has 1 aromatic rings. The van der Waals surface area contributed by atoms with Gasteiger partial charge in [0.2, 0.25) is 0 Å². The molecule has 2 amide bonds. The van der Waals surface area contributed by atoms with Gasteiger partial charge in [-0.15, -0.1) is 11.3 Å². The largest absolute Gasteiger partial charge is 0.375 e. The highest BCUT2D eigenvalue weighted by atomic mass is 32.1. The molecule has 7 heteroatoms. The zero-order valence-electron chi connectivity index (χ0n) is 12.9. The number of thiazole rings is 1. The maximum Gasteiger partial charge on any atom is 0.314 e. The molecule has 22 heavy (non-hydrogen) atoms. The fourth-order valence-electron chi connectivity index (χ4n) is 3.52. The minimum atomic E-state index is -0.354. The SMILES string of the molecule is Cc1nc(COC[C@@H]2CCC[C@@]23CN(C(N)=O)CCO3)cs1. The van der Waals surface area contributed by atoms with Crippen LogP contribution in [0.4, 0.5) is 4.79 Å². The Hall–Kier alpha value is -1.18. The molecule has 122 valence electrons. The molecule has 1 saturated carbocycles. The van der Waals surface area contributed by atoms with E-state index in [1.807, 2.05) is 12.3 Å². The van der Waals surface area contributed by atoms with Crippen molar-refractivity contribution in [2.24, 2.45) is 11.7 Å². The number of carbonyl (C=O) groups excluding carboxylic acids is 1. The Bertz CT molecular complexity index is 536. The van der Waals surface area contributed by atoms with Crippen molar-refractivity contribution in [3.63, 3.8) is 0 Å². The maximum atomic E-state index is 11.5. The first kappa shape index (κ1) is 15.7. The van der Waals surface area contributed by atoms with E-state index in [9.17, 15) is 4.79 Å². The number of ether oxygens (including phenoxy) is 2. The van der Waals surface area contributed by atoms with Gasteiger partial charge in [0.1, 0.15) is 0 Å². The van der Waals surface area contributed by atoms with Gasteiger partial charge in [-0.25, -0.2) is 9.78 Å². The third-order valence-electron chi connectivity index (χ3n) is 4.65. The van der Waals surface area contributed by atoms with Crippen LogP contribution in [0.2, 0.25) is 0 Å². The van der Waals surface area contributed by atoms with Crippen LogP contribution in [0.3, 0.4) is 0 Å². The number of urea groups is 1. The molecule has 2 aliphatic rings. The summed E-state index contributed by atoms with van der Waals surface area (Å²) in [6, 6.07) is -0.354. The highest BCUT2D eigenvalue weighted by Crippen LogP contribution is 2.41. The van der Waals surface area contributed by atoms with E-state index in [1.54, 1.807) is 16.2 Å². The second kappa shape index (κ2) is 6.52. The topological polar surface area (TPSA) is 77.7 Å². The van der Waals surface area contributed by atoms with Crippen molar-refractivity contribution in [1.29, 1.82) is 0 Å². The molecule has 0 aromatic carbocycles. The van der Waals surface area contributed by atoms with Crippen LogP contribution in [-0.2, 0) is 16.1 Å². The summed E-state index contributed by atoms with van der Waals surface area (Å²) in [6.07, 6.45) is 3.15. The molecular weight excluding hydrogens is 302 g/mol. The van der Waals surface area contributed by atoms with Crippen molar-refractivity contribution < 1.29 is 14.3 Å². The van der Waals surface area contributed by atoms with Crippen LogP contribution in [0.25, 0.3) is 0 Å². The van der Waals surface area contributed by atoms with Gasteiger partial charge >= 0.3 is 6.03 Å². The lowest BCUT2D eigenvalue weighted by Gasteiger charge is -2.43. The smallest absolute Gasteiger partial charge is 0.314 e. The van der Waals surface area contributed by atoms with Gasteiger partial charge in [-0.3, -0.25) is 0 Å². The summed E-state index contributed by atoms with van der Waals surface area (Å²) in [4.78, 5) is 17.6. The molecule has 1 aliphatic heterocycles. The van der Waals surface area contributed by atoms with Crippen LogP contribution in [0.5, 0.6) is 0 Å². The van der Waals surface area contributed by atoms with E-state index in [1.165, 1.54) is 0 Å². The van der Waals surface area contributed by atoms with E-state index in [4.69, 9.17) is 15.2 Å². The Balaban J connectivity index is 1.57. The highest BCUT2D eigenvalue weighted by molar-refractivity contribution is 7.09. The van der Waals surface area contributed by atoms with E-state index in [0.717, 1.165) is 30.0 Å². The lowest BCUT2D eigenvalue weighted by atomic mass is 9.89. The summed E-state index contributed by atoms with van der Waals surface area (Å²) < 4.78 is 12.0. The minimum absolute atomic E-state index is 0.273. The molecule has 1 saturated heterocycles. The minimum Gasteiger partial charge on any atom is -0.375 e. The number of amides is 2. The maximum absolute atomic E-state index is 11.5.